The molecule has 1 aliphatic rings. The molecule has 3 heterocycles. The van der Waals surface area contributed by atoms with Gasteiger partial charge in [-0.1, -0.05) is 29.4 Å². The van der Waals surface area contributed by atoms with Gasteiger partial charge in [0.2, 0.25) is 5.71 Å². The smallest absolute Gasteiger partial charge is 0.362 e. The highest BCUT2D eigenvalue weighted by atomic mass is 32.2. The van der Waals surface area contributed by atoms with E-state index in [0.29, 0.717) is 22.8 Å². The first kappa shape index (κ1) is 25.1. The summed E-state index contributed by atoms with van der Waals surface area (Å²) in [6.45, 7) is 0. The highest BCUT2D eigenvalue weighted by Gasteiger charge is 2.51. The van der Waals surface area contributed by atoms with Crippen LogP contribution in [0.5, 0.6) is 11.5 Å². The van der Waals surface area contributed by atoms with E-state index in [2.05, 4.69) is 20.1 Å². The number of hydrogen-bond acceptors (Lipinski definition) is 10. The maximum absolute atomic E-state index is 12.5. The number of fused-ring (bicyclic) bond motifs is 1. The molecule has 10 nitrogen and oxygen atoms in total. The molecule has 3 atom stereocenters. The maximum atomic E-state index is 12.5. The van der Waals surface area contributed by atoms with Crippen LogP contribution in [0.2, 0.25) is 0 Å². The second-order valence-electron chi connectivity index (χ2n) is 8.26. The van der Waals surface area contributed by atoms with E-state index in [1.165, 1.54) is 43.8 Å². The largest absolute Gasteiger partial charge is 0.504 e. The average Bonchev–Trinajstić information content (AvgIpc) is 3.59. The molecule has 12 heteroatoms. The number of carbonyl (C=O) groups excluding carboxylic acids is 1. The fourth-order valence-electron chi connectivity index (χ4n) is 4.59. The van der Waals surface area contributed by atoms with Crippen molar-refractivity contribution < 1.29 is 29.7 Å². The second-order valence-corrected chi connectivity index (χ2v) is 11.0. The van der Waals surface area contributed by atoms with Crippen LogP contribution >= 0.6 is 23.5 Å². The normalized spacial score (nSPS) is 22.2. The van der Waals surface area contributed by atoms with Crippen LogP contribution in [0.15, 0.2) is 60.0 Å². The molecule has 192 valence electrons. The molecular weight excluding hydrogens is 516 g/mol. The molecule has 5 N–H and O–H groups in total. The van der Waals surface area contributed by atoms with Gasteiger partial charge in [-0.05, 0) is 23.8 Å². The van der Waals surface area contributed by atoms with Crippen molar-refractivity contribution in [2.45, 2.75) is 15.4 Å². The van der Waals surface area contributed by atoms with Crippen LogP contribution in [0.3, 0.4) is 0 Å². The van der Waals surface area contributed by atoms with Crippen molar-refractivity contribution in [3.05, 3.63) is 77.5 Å². The summed E-state index contributed by atoms with van der Waals surface area (Å²) in [5.41, 5.74) is 2.21. The van der Waals surface area contributed by atoms with Gasteiger partial charge < -0.3 is 34.9 Å². The zero-order valence-electron chi connectivity index (χ0n) is 19.8. The number of hydrogen-bond donors (Lipinski definition) is 5. The number of aromatic nitrogens is 3. The van der Waals surface area contributed by atoms with Crippen LogP contribution in [0.25, 0.3) is 10.9 Å². The van der Waals surface area contributed by atoms with Gasteiger partial charge in [-0.3, -0.25) is 0 Å². The van der Waals surface area contributed by atoms with E-state index in [4.69, 9.17) is 9.47 Å². The number of oxime groups is 1. The number of aliphatic hydroxyl groups is 1. The highest BCUT2D eigenvalue weighted by molar-refractivity contribution is 8.17. The fourth-order valence-corrected chi connectivity index (χ4v) is 8.11. The lowest BCUT2D eigenvalue weighted by Crippen LogP contribution is -2.43. The number of H-pyrrole nitrogens is 2. The Kier molecular flexibility index (Phi) is 6.80. The molecule has 0 saturated carbocycles. The summed E-state index contributed by atoms with van der Waals surface area (Å²) < 4.78 is 8.79. The number of rotatable bonds is 6. The molecule has 0 amide bonds. The van der Waals surface area contributed by atoms with E-state index in [0.717, 1.165) is 16.5 Å². The molecule has 5 rings (SSSR count). The number of benzene rings is 2. The fraction of sp³-hybridized carbons (Fsp3) is 0.240. The minimum atomic E-state index is -1.09. The van der Waals surface area contributed by atoms with Crippen molar-refractivity contribution in [2.24, 2.45) is 5.16 Å². The van der Waals surface area contributed by atoms with Gasteiger partial charge in [-0.25, -0.2) is 9.78 Å². The number of carbonyl (C=O) groups is 1. The average molecular weight is 541 g/mol. The van der Waals surface area contributed by atoms with E-state index in [9.17, 15) is 20.2 Å². The van der Waals surface area contributed by atoms with Crippen LogP contribution in [0.4, 0.5) is 0 Å². The molecule has 2 aromatic heterocycles. The third-order valence-corrected chi connectivity index (χ3v) is 9.59. The van der Waals surface area contributed by atoms with Crippen molar-refractivity contribution in [1.82, 2.24) is 15.0 Å². The number of aliphatic hydroxyl groups excluding tert-OH is 1. The van der Waals surface area contributed by atoms with Crippen molar-refractivity contribution in [3.63, 3.8) is 0 Å². The third-order valence-electron chi connectivity index (χ3n) is 6.32. The predicted octanol–water partition coefficient (Wildman–Crippen LogP) is 3.74. The number of aromatic hydroxyl groups is 1. The Balaban J connectivity index is 1.72. The number of esters is 1. The van der Waals surface area contributed by atoms with Gasteiger partial charge in [0.25, 0.3) is 0 Å². The van der Waals surface area contributed by atoms with Crippen LogP contribution in [-0.2, 0) is 14.3 Å². The Morgan fingerprint density at radius 3 is 2.76 bits per heavy atom. The number of para-hydroxylation sites is 1. The van der Waals surface area contributed by atoms with Gasteiger partial charge in [0, 0.05) is 34.6 Å². The molecule has 4 aromatic rings. The SMILES string of the molecule is COC(=O)/C(=N\O)c1[nH]c2ccccc2c1C1SC[C@@H](O)[C@](c2ccc(O)c(OC)c2)(c2ncc[nH]2)S1. The molecule has 0 spiro atoms. The molecule has 1 aliphatic heterocycles. The number of nitrogens with one attached hydrogen (secondary N) is 2. The topological polar surface area (TPSA) is 153 Å². The Morgan fingerprint density at radius 1 is 1.24 bits per heavy atom. The van der Waals surface area contributed by atoms with Gasteiger partial charge in [0.1, 0.15) is 10.6 Å². The summed E-state index contributed by atoms with van der Waals surface area (Å²) in [7, 11) is 2.68. The Bertz CT molecular complexity index is 1470. The number of ether oxygens (including phenoxy) is 2. The van der Waals surface area contributed by atoms with E-state index >= 15 is 0 Å². The molecule has 0 aliphatic carbocycles. The number of methoxy groups -OCH3 is 2. The van der Waals surface area contributed by atoms with E-state index in [1.54, 1.807) is 24.5 Å². The molecule has 0 radical (unpaired) electrons. The van der Waals surface area contributed by atoms with Gasteiger partial charge in [-0.15, -0.1) is 23.5 Å². The minimum Gasteiger partial charge on any atom is -0.504 e. The zero-order valence-corrected chi connectivity index (χ0v) is 21.5. The van der Waals surface area contributed by atoms with Crippen LogP contribution < -0.4 is 4.74 Å². The molecule has 1 saturated heterocycles. The Hall–Kier alpha value is -3.61. The summed E-state index contributed by atoms with van der Waals surface area (Å²) in [5.74, 6) is 0.293. The van der Waals surface area contributed by atoms with Crippen LogP contribution in [0, 0.1) is 0 Å². The molecule has 2 aromatic carbocycles. The van der Waals surface area contributed by atoms with Gasteiger partial charge in [0.05, 0.1) is 30.6 Å². The lowest BCUT2D eigenvalue weighted by Gasteiger charge is -2.43. The summed E-state index contributed by atoms with van der Waals surface area (Å²) in [5, 5.41) is 35.6. The molecule has 1 unspecified atom stereocenters. The lowest BCUT2D eigenvalue weighted by molar-refractivity contribution is -0.132. The summed E-state index contributed by atoms with van der Waals surface area (Å²) >= 11 is 2.92. The summed E-state index contributed by atoms with van der Waals surface area (Å²) in [4.78, 5) is 23.4. The first-order valence-corrected chi connectivity index (χ1v) is 13.1. The minimum absolute atomic E-state index is 0.0251. The number of imidazole rings is 1. The first-order chi connectivity index (χ1) is 17.9. The number of phenols is 1. The van der Waals surface area contributed by atoms with Gasteiger partial charge in [-0.2, -0.15) is 0 Å². The van der Waals surface area contributed by atoms with Crippen molar-refractivity contribution in [2.75, 3.05) is 20.0 Å². The summed E-state index contributed by atoms with van der Waals surface area (Å²) in [6, 6.07) is 12.5. The zero-order chi connectivity index (χ0) is 26.2. The maximum Gasteiger partial charge on any atom is 0.362 e. The number of thioether (sulfide) groups is 2. The van der Waals surface area contributed by atoms with Crippen molar-refractivity contribution in [1.29, 1.82) is 0 Å². The number of phenolic OH excluding ortho intramolecular Hbond substituents is 1. The van der Waals surface area contributed by atoms with E-state index < -0.39 is 16.8 Å². The van der Waals surface area contributed by atoms with Crippen LogP contribution in [-0.4, -0.2) is 68.1 Å². The highest BCUT2D eigenvalue weighted by Crippen LogP contribution is 2.61. The van der Waals surface area contributed by atoms with Crippen LogP contribution in [0.1, 0.15) is 27.2 Å². The number of nitrogens with zero attached hydrogens (tertiary/aromatic N) is 2. The standard InChI is InChI=1S/C25H24N4O6S2/c1-34-17-11-13(7-8-16(17)30)25(24-26-9-10-27-24)18(31)12-36-23(37-25)19-14-5-3-4-6-15(14)28-20(19)21(29-33)22(32)35-2/h3-11,18,23,28,30-31,33H,12H2,1-2H3,(H,26,27)/b29-21-/t18-,23?,25-/m1/s1. The molecule has 0 bridgehead atoms. The van der Waals surface area contributed by atoms with Gasteiger partial charge >= 0.3 is 5.97 Å². The lowest BCUT2D eigenvalue weighted by atomic mass is 9.91. The third kappa shape index (κ3) is 4.10. The van der Waals surface area contributed by atoms with E-state index in [-0.39, 0.29) is 21.8 Å². The second kappa shape index (κ2) is 10.0. The van der Waals surface area contributed by atoms with Gasteiger partial charge in [0.15, 0.2) is 11.5 Å². The van der Waals surface area contributed by atoms with Crippen molar-refractivity contribution in [3.8, 4) is 11.5 Å². The summed E-state index contributed by atoms with van der Waals surface area (Å²) in [6.07, 6.45) is 2.42. The number of aromatic amines is 2. The monoisotopic (exact) mass is 540 g/mol. The Labute approximate surface area is 220 Å². The quantitative estimate of drug-likeness (QED) is 0.107. The van der Waals surface area contributed by atoms with Crippen molar-refractivity contribution >= 4 is 46.1 Å². The first-order valence-electron chi connectivity index (χ1n) is 11.2. The molecular formula is C25H24N4O6S2. The predicted molar refractivity (Wildman–Crippen MR) is 141 cm³/mol. The Morgan fingerprint density at radius 2 is 2.05 bits per heavy atom. The molecule has 37 heavy (non-hydrogen) atoms. The van der Waals surface area contributed by atoms with E-state index in [1.807, 2.05) is 24.3 Å². The molecule has 1 fully saturated rings.